The van der Waals surface area contributed by atoms with Gasteiger partial charge in [0.15, 0.2) is 0 Å². The van der Waals surface area contributed by atoms with Crippen molar-refractivity contribution in [2.24, 2.45) is 5.92 Å². The summed E-state index contributed by atoms with van der Waals surface area (Å²) in [6.07, 6.45) is 1.16. The van der Waals surface area contributed by atoms with E-state index >= 15 is 0 Å². The molecule has 2 rings (SSSR count). The number of hydrogen-bond acceptors (Lipinski definition) is 2. The Balaban J connectivity index is 2.33. The first-order valence-electron chi connectivity index (χ1n) is 7.03. The van der Waals surface area contributed by atoms with E-state index in [1.165, 1.54) is 5.56 Å². The molecule has 2 nitrogen and oxygen atoms in total. The minimum Gasteiger partial charge on any atom is -0.314 e. The van der Waals surface area contributed by atoms with Gasteiger partial charge in [0.05, 0.1) is 0 Å². The van der Waals surface area contributed by atoms with E-state index in [0.29, 0.717) is 12.0 Å². The summed E-state index contributed by atoms with van der Waals surface area (Å²) in [5, 5.41) is 4.30. The summed E-state index contributed by atoms with van der Waals surface area (Å²) in [5.41, 5.74) is 1.26. The fourth-order valence-corrected chi connectivity index (χ4v) is 3.40. The first-order chi connectivity index (χ1) is 9.13. The Morgan fingerprint density at radius 1 is 1.37 bits per heavy atom. The average Bonchev–Trinajstić information content (AvgIpc) is 2.44. The van der Waals surface area contributed by atoms with Gasteiger partial charge in [-0.05, 0) is 29.7 Å². The van der Waals surface area contributed by atoms with Gasteiger partial charge in [0.1, 0.15) is 0 Å². The fourth-order valence-electron chi connectivity index (χ4n) is 2.79. The Hall–Kier alpha value is -0.0900. The Labute approximate surface area is 129 Å². The van der Waals surface area contributed by atoms with Crippen LogP contribution in [0.15, 0.2) is 22.7 Å². The van der Waals surface area contributed by atoms with Crippen molar-refractivity contribution in [1.29, 1.82) is 0 Å². The molecule has 0 aliphatic carbocycles. The van der Waals surface area contributed by atoms with Gasteiger partial charge in [-0.25, -0.2) is 0 Å². The molecule has 1 aliphatic rings. The number of nitrogens with zero attached hydrogens (tertiary/aromatic N) is 1. The second kappa shape index (κ2) is 7.07. The first-order valence-corrected chi connectivity index (χ1v) is 8.20. The number of benzene rings is 1. The van der Waals surface area contributed by atoms with Crippen LogP contribution in [0.1, 0.15) is 31.9 Å². The van der Waals surface area contributed by atoms with Crippen LogP contribution in [-0.2, 0) is 0 Å². The molecule has 0 radical (unpaired) electrons. The molecule has 1 aromatic rings. The Morgan fingerprint density at radius 2 is 2.05 bits per heavy atom. The van der Waals surface area contributed by atoms with Crippen LogP contribution in [0.25, 0.3) is 0 Å². The van der Waals surface area contributed by atoms with E-state index in [1.807, 2.05) is 12.1 Å². The third-order valence-electron chi connectivity index (χ3n) is 4.00. The summed E-state index contributed by atoms with van der Waals surface area (Å²) in [4.78, 5) is 2.57. The number of rotatable bonds is 4. The third kappa shape index (κ3) is 3.72. The summed E-state index contributed by atoms with van der Waals surface area (Å²) < 4.78 is 1.11. The van der Waals surface area contributed by atoms with Crippen molar-refractivity contribution in [2.75, 3.05) is 26.2 Å². The van der Waals surface area contributed by atoms with Crippen LogP contribution in [0.3, 0.4) is 0 Å². The Morgan fingerprint density at radius 3 is 2.68 bits per heavy atom. The van der Waals surface area contributed by atoms with Gasteiger partial charge in [-0.3, -0.25) is 4.90 Å². The average molecular weight is 346 g/mol. The highest BCUT2D eigenvalue weighted by Gasteiger charge is 2.28. The molecule has 1 saturated heterocycles. The van der Waals surface area contributed by atoms with E-state index in [9.17, 15) is 0 Å². The zero-order chi connectivity index (χ0) is 13.8. The second-order valence-corrected chi connectivity index (χ2v) is 6.61. The molecule has 0 saturated carbocycles. The van der Waals surface area contributed by atoms with Crippen LogP contribution in [0, 0.1) is 5.92 Å². The largest absolute Gasteiger partial charge is 0.314 e. The molecule has 1 unspecified atom stereocenters. The summed E-state index contributed by atoms with van der Waals surface area (Å²) in [5.74, 6) is 0.602. The van der Waals surface area contributed by atoms with Crippen LogP contribution in [-0.4, -0.2) is 31.1 Å². The Bertz CT molecular complexity index is 419. The maximum Gasteiger partial charge on any atom is 0.0454 e. The van der Waals surface area contributed by atoms with Crippen molar-refractivity contribution >= 4 is 27.5 Å². The molecule has 2 atom stereocenters. The SMILES string of the molecule is CCC(C)[C@H](c1cc(Br)ccc1Cl)N1CCNCC1. The number of nitrogens with one attached hydrogen (secondary N) is 1. The molecular formula is C15H22BrClN2. The highest BCUT2D eigenvalue weighted by atomic mass is 79.9. The van der Waals surface area contributed by atoms with Crippen molar-refractivity contribution in [3.05, 3.63) is 33.3 Å². The summed E-state index contributed by atoms with van der Waals surface area (Å²) >= 11 is 10.0. The lowest BCUT2D eigenvalue weighted by molar-refractivity contribution is 0.128. The van der Waals surface area contributed by atoms with Crippen LogP contribution < -0.4 is 5.32 Å². The molecule has 1 aromatic carbocycles. The van der Waals surface area contributed by atoms with Crippen molar-refractivity contribution in [1.82, 2.24) is 10.2 Å². The summed E-state index contributed by atoms with van der Waals surface area (Å²) in [6, 6.07) is 6.61. The van der Waals surface area contributed by atoms with Crippen LogP contribution >= 0.6 is 27.5 Å². The molecule has 19 heavy (non-hydrogen) atoms. The maximum atomic E-state index is 6.45. The van der Waals surface area contributed by atoms with Gasteiger partial charge >= 0.3 is 0 Å². The van der Waals surface area contributed by atoms with E-state index in [0.717, 1.165) is 42.1 Å². The van der Waals surface area contributed by atoms with Gasteiger partial charge in [-0.15, -0.1) is 0 Å². The maximum absolute atomic E-state index is 6.45. The van der Waals surface area contributed by atoms with Crippen molar-refractivity contribution < 1.29 is 0 Å². The van der Waals surface area contributed by atoms with Gasteiger partial charge in [0, 0.05) is 41.7 Å². The van der Waals surface area contributed by atoms with Gasteiger partial charge in [-0.1, -0.05) is 47.8 Å². The number of halogens is 2. The molecule has 106 valence electrons. The molecule has 0 amide bonds. The number of piperazine rings is 1. The normalized spacial score (nSPS) is 20.2. The number of hydrogen-bond donors (Lipinski definition) is 1. The van der Waals surface area contributed by atoms with E-state index in [1.54, 1.807) is 0 Å². The van der Waals surface area contributed by atoms with Crippen LogP contribution in [0.4, 0.5) is 0 Å². The smallest absolute Gasteiger partial charge is 0.0454 e. The third-order valence-corrected chi connectivity index (χ3v) is 4.84. The minimum atomic E-state index is 0.414. The van der Waals surface area contributed by atoms with E-state index < -0.39 is 0 Å². The monoisotopic (exact) mass is 344 g/mol. The molecule has 1 N–H and O–H groups in total. The lowest BCUT2D eigenvalue weighted by Gasteiger charge is -2.39. The standard InChI is InChI=1S/C15H22BrClN2/c1-3-11(2)15(19-8-6-18-7-9-19)13-10-12(16)4-5-14(13)17/h4-5,10-11,15,18H,3,6-9H2,1-2H3/t11?,15-/m1/s1. The van der Waals surface area contributed by atoms with Gasteiger partial charge in [0.2, 0.25) is 0 Å². The molecular weight excluding hydrogens is 324 g/mol. The zero-order valence-corrected chi connectivity index (χ0v) is 14.0. The topological polar surface area (TPSA) is 15.3 Å². The van der Waals surface area contributed by atoms with Crippen molar-refractivity contribution in [3.63, 3.8) is 0 Å². The predicted octanol–water partition coefficient (Wildman–Crippen LogP) is 4.09. The first kappa shape index (κ1) is 15.3. The van der Waals surface area contributed by atoms with Crippen LogP contribution in [0.2, 0.25) is 5.02 Å². The zero-order valence-electron chi connectivity index (χ0n) is 11.6. The Kier molecular flexibility index (Phi) is 5.70. The van der Waals surface area contributed by atoms with E-state index in [2.05, 4.69) is 46.1 Å². The lowest BCUT2D eigenvalue weighted by Crippen LogP contribution is -2.46. The molecule has 1 aliphatic heterocycles. The van der Waals surface area contributed by atoms with Crippen molar-refractivity contribution in [3.8, 4) is 0 Å². The molecule has 4 heteroatoms. The van der Waals surface area contributed by atoms with Crippen molar-refractivity contribution in [2.45, 2.75) is 26.3 Å². The molecule has 1 heterocycles. The second-order valence-electron chi connectivity index (χ2n) is 5.28. The summed E-state index contributed by atoms with van der Waals surface area (Å²) in [7, 11) is 0. The van der Waals surface area contributed by atoms with E-state index in [4.69, 9.17) is 11.6 Å². The fraction of sp³-hybridized carbons (Fsp3) is 0.600. The molecule has 0 aromatic heterocycles. The van der Waals surface area contributed by atoms with Gasteiger partial charge < -0.3 is 5.32 Å². The minimum absolute atomic E-state index is 0.414. The molecule has 0 spiro atoms. The molecule has 1 fully saturated rings. The quantitative estimate of drug-likeness (QED) is 0.884. The van der Waals surface area contributed by atoms with E-state index in [-0.39, 0.29) is 0 Å². The van der Waals surface area contributed by atoms with Crippen LogP contribution in [0.5, 0.6) is 0 Å². The lowest BCUT2D eigenvalue weighted by atomic mass is 9.90. The highest BCUT2D eigenvalue weighted by Crippen LogP contribution is 2.36. The van der Waals surface area contributed by atoms with Gasteiger partial charge in [0.25, 0.3) is 0 Å². The predicted molar refractivity (Wildman–Crippen MR) is 85.8 cm³/mol. The summed E-state index contributed by atoms with van der Waals surface area (Å²) in [6.45, 7) is 8.91. The van der Waals surface area contributed by atoms with Gasteiger partial charge in [-0.2, -0.15) is 0 Å². The highest BCUT2D eigenvalue weighted by molar-refractivity contribution is 9.10. The molecule has 0 bridgehead atoms.